The van der Waals surface area contributed by atoms with Crippen LogP contribution in [0.25, 0.3) is 0 Å². The van der Waals surface area contributed by atoms with E-state index in [-0.39, 0.29) is 23.8 Å². The van der Waals surface area contributed by atoms with E-state index < -0.39 is 17.8 Å². The van der Waals surface area contributed by atoms with Crippen LogP contribution in [-0.4, -0.2) is 38.8 Å². The van der Waals surface area contributed by atoms with Crippen molar-refractivity contribution >= 4 is 17.8 Å². The van der Waals surface area contributed by atoms with Crippen LogP contribution in [0.2, 0.25) is 0 Å². The van der Waals surface area contributed by atoms with Gasteiger partial charge in [-0.2, -0.15) is 4.98 Å². The number of carbonyl (C=O) groups is 2. The number of anilines is 1. The number of aromatic amines is 1. The third-order valence-corrected chi connectivity index (χ3v) is 3.43. The van der Waals surface area contributed by atoms with Crippen LogP contribution in [0.3, 0.4) is 0 Å². The molecule has 0 spiro atoms. The van der Waals surface area contributed by atoms with Crippen molar-refractivity contribution in [3.8, 4) is 6.01 Å². The zero-order chi connectivity index (χ0) is 14.7. The Morgan fingerprint density at radius 3 is 2.80 bits per heavy atom. The van der Waals surface area contributed by atoms with Gasteiger partial charge in [-0.05, 0) is 25.7 Å². The largest absolute Gasteiger partial charge is 0.481 e. The summed E-state index contributed by atoms with van der Waals surface area (Å²) in [7, 11) is 0. The fourth-order valence-corrected chi connectivity index (χ4v) is 2.56. The van der Waals surface area contributed by atoms with Gasteiger partial charge >= 0.3 is 12.0 Å². The molecule has 8 heteroatoms. The minimum Gasteiger partial charge on any atom is -0.481 e. The van der Waals surface area contributed by atoms with E-state index in [1.807, 2.05) is 6.92 Å². The second-order valence-electron chi connectivity index (χ2n) is 5.02. The number of rotatable bonds is 5. The van der Waals surface area contributed by atoms with Crippen molar-refractivity contribution in [2.24, 2.45) is 17.8 Å². The van der Waals surface area contributed by atoms with Gasteiger partial charge in [0.15, 0.2) is 0 Å². The SMILES string of the molecule is CCOc1n[nH]c(NC(=O)[C@H]2CC(C)C[C@H]2C(=O)O)n1. The van der Waals surface area contributed by atoms with Crippen molar-refractivity contribution in [2.75, 3.05) is 11.9 Å². The molecule has 1 aliphatic rings. The number of H-pyrrole nitrogens is 1. The quantitative estimate of drug-likeness (QED) is 0.738. The molecule has 1 aromatic heterocycles. The molecule has 1 saturated carbocycles. The van der Waals surface area contributed by atoms with E-state index in [4.69, 9.17) is 9.84 Å². The molecule has 0 radical (unpaired) electrons. The standard InChI is InChI=1S/C12H18N4O4/c1-3-20-12-14-11(15-16-12)13-9(17)7-4-6(2)5-8(7)10(18)19/h6-8H,3-5H2,1-2H3,(H,18,19)(H2,13,14,15,16,17)/t6?,7-,8+/m0/s1. The summed E-state index contributed by atoms with van der Waals surface area (Å²) in [5, 5.41) is 18.0. The van der Waals surface area contributed by atoms with Gasteiger partial charge in [0.25, 0.3) is 0 Å². The molecule has 0 aromatic carbocycles. The van der Waals surface area contributed by atoms with E-state index in [9.17, 15) is 9.59 Å². The topological polar surface area (TPSA) is 117 Å². The van der Waals surface area contributed by atoms with Gasteiger partial charge in [0.2, 0.25) is 11.9 Å². The Kier molecular flexibility index (Phi) is 4.21. The summed E-state index contributed by atoms with van der Waals surface area (Å²) in [5.41, 5.74) is 0. The molecule has 8 nitrogen and oxygen atoms in total. The molecule has 1 amide bonds. The predicted octanol–water partition coefficient (Wildman–Crippen LogP) is 0.889. The van der Waals surface area contributed by atoms with E-state index in [0.717, 1.165) is 0 Å². The first-order chi connectivity index (χ1) is 9.51. The molecule has 1 fully saturated rings. The number of hydrogen-bond acceptors (Lipinski definition) is 5. The Morgan fingerprint density at radius 2 is 2.15 bits per heavy atom. The Bertz CT molecular complexity index is 501. The van der Waals surface area contributed by atoms with Gasteiger partial charge in [0, 0.05) is 0 Å². The lowest BCUT2D eigenvalue weighted by atomic mass is 9.95. The van der Waals surface area contributed by atoms with Crippen LogP contribution >= 0.6 is 0 Å². The van der Waals surface area contributed by atoms with Gasteiger partial charge in [-0.15, -0.1) is 5.10 Å². The Balaban J connectivity index is 2.01. The molecule has 1 unspecified atom stereocenters. The summed E-state index contributed by atoms with van der Waals surface area (Å²) in [6.07, 6.45) is 1.09. The maximum atomic E-state index is 12.1. The molecule has 0 saturated heterocycles. The molecule has 20 heavy (non-hydrogen) atoms. The number of carboxylic acids is 1. The molecule has 1 aliphatic carbocycles. The van der Waals surface area contributed by atoms with E-state index in [0.29, 0.717) is 19.4 Å². The third-order valence-electron chi connectivity index (χ3n) is 3.43. The highest BCUT2D eigenvalue weighted by Gasteiger charge is 2.41. The van der Waals surface area contributed by atoms with Gasteiger partial charge in [0.05, 0.1) is 18.4 Å². The summed E-state index contributed by atoms with van der Waals surface area (Å²) in [5.74, 6) is -2.06. The molecule has 3 N–H and O–H groups in total. The van der Waals surface area contributed by atoms with Crippen LogP contribution in [0, 0.1) is 17.8 Å². The maximum Gasteiger partial charge on any atom is 0.337 e. The van der Waals surface area contributed by atoms with Crippen LogP contribution in [0.1, 0.15) is 26.7 Å². The Morgan fingerprint density at radius 1 is 1.45 bits per heavy atom. The van der Waals surface area contributed by atoms with E-state index in [1.165, 1.54) is 0 Å². The minimum atomic E-state index is -0.929. The Hall–Kier alpha value is -2.12. The van der Waals surface area contributed by atoms with Crippen LogP contribution in [-0.2, 0) is 9.59 Å². The lowest BCUT2D eigenvalue weighted by Gasteiger charge is -2.13. The number of hydrogen-bond donors (Lipinski definition) is 3. The fourth-order valence-electron chi connectivity index (χ4n) is 2.56. The highest BCUT2D eigenvalue weighted by atomic mass is 16.5. The monoisotopic (exact) mass is 282 g/mol. The second kappa shape index (κ2) is 5.89. The number of ether oxygens (including phenoxy) is 1. The van der Waals surface area contributed by atoms with Gasteiger partial charge in [-0.1, -0.05) is 6.92 Å². The fraction of sp³-hybridized carbons (Fsp3) is 0.667. The molecule has 1 heterocycles. The van der Waals surface area contributed by atoms with E-state index >= 15 is 0 Å². The Labute approximate surface area is 115 Å². The lowest BCUT2D eigenvalue weighted by Crippen LogP contribution is -2.30. The molecule has 1 aromatic rings. The average Bonchev–Trinajstić information content (AvgIpc) is 2.96. The van der Waals surface area contributed by atoms with Crippen molar-refractivity contribution in [1.82, 2.24) is 15.2 Å². The summed E-state index contributed by atoms with van der Waals surface area (Å²) < 4.78 is 5.07. The predicted molar refractivity (Wildman–Crippen MR) is 69.2 cm³/mol. The minimum absolute atomic E-state index is 0.150. The molecule has 3 atom stereocenters. The van der Waals surface area contributed by atoms with Crippen molar-refractivity contribution in [2.45, 2.75) is 26.7 Å². The average molecular weight is 282 g/mol. The molecular formula is C12H18N4O4. The zero-order valence-corrected chi connectivity index (χ0v) is 11.4. The molecule has 110 valence electrons. The zero-order valence-electron chi connectivity index (χ0n) is 11.4. The number of amides is 1. The molecule has 0 bridgehead atoms. The summed E-state index contributed by atoms with van der Waals surface area (Å²) in [6.45, 7) is 4.17. The van der Waals surface area contributed by atoms with Crippen molar-refractivity contribution in [3.05, 3.63) is 0 Å². The summed E-state index contributed by atoms with van der Waals surface area (Å²) in [6, 6.07) is 0.150. The van der Waals surface area contributed by atoms with Crippen LogP contribution in [0.4, 0.5) is 5.95 Å². The smallest absolute Gasteiger partial charge is 0.337 e. The number of aliphatic carboxylic acids is 1. The number of carbonyl (C=O) groups excluding carboxylic acids is 1. The van der Waals surface area contributed by atoms with Crippen LogP contribution in [0.5, 0.6) is 6.01 Å². The first kappa shape index (κ1) is 14.3. The van der Waals surface area contributed by atoms with Gasteiger partial charge in [-0.3, -0.25) is 14.9 Å². The normalized spacial score (nSPS) is 25.4. The number of aromatic nitrogens is 3. The van der Waals surface area contributed by atoms with Crippen LogP contribution in [0.15, 0.2) is 0 Å². The molecule has 0 aliphatic heterocycles. The van der Waals surface area contributed by atoms with Crippen LogP contribution < -0.4 is 10.1 Å². The van der Waals surface area contributed by atoms with Gasteiger partial charge in [-0.25, -0.2) is 5.10 Å². The van der Waals surface area contributed by atoms with Crippen molar-refractivity contribution < 1.29 is 19.4 Å². The van der Waals surface area contributed by atoms with E-state index in [1.54, 1.807) is 6.92 Å². The highest BCUT2D eigenvalue weighted by Crippen LogP contribution is 2.36. The number of nitrogens with zero attached hydrogens (tertiary/aromatic N) is 2. The number of carboxylic acid groups (broad SMARTS) is 1. The van der Waals surface area contributed by atoms with Gasteiger partial charge < -0.3 is 9.84 Å². The second-order valence-corrected chi connectivity index (χ2v) is 5.02. The summed E-state index contributed by atoms with van der Waals surface area (Å²) >= 11 is 0. The van der Waals surface area contributed by atoms with Crippen molar-refractivity contribution in [3.63, 3.8) is 0 Å². The van der Waals surface area contributed by atoms with Gasteiger partial charge in [0.1, 0.15) is 0 Å². The maximum absolute atomic E-state index is 12.1. The lowest BCUT2D eigenvalue weighted by molar-refractivity contribution is -0.145. The summed E-state index contributed by atoms with van der Waals surface area (Å²) in [4.78, 5) is 27.2. The van der Waals surface area contributed by atoms with E-state index in [2.05, 4.69) is 20.5 Å². The first-order valence-electron chi connectivity index (χ1n) is 6.60. The number of nitrogens with one attached hydrogen (secondary N) is 2. The highest BCUT2D eigenvalue weighted by molar-refractivity contribution is 5.94. The molecular weight excluding hydrogens is 264 g/mol. The molecule has 2 rings (SSSR count). The first-order valence-corrected chi connectivity index (χ1v) is 6.60. The third kappa shape index (κ3) is 3.06. The van der Waals surface area contributed by atoms with Crippen molar-refractivity contribution in [1.29, 1.82) is 0 Å².